The molecule has 1 heterocycles. The number of esters is 1. The van der Waals surface area contributed by atoms with E-state index in [0.717, 1.165) is 11.1 Å². The van der Waals surface area contributed by atoms with Crippen molar-refractivity contribution in [3.63, 3.8) is 0 Å². The summed E-state index contributed by atoms with van der Waals surface area (Å²) in [6.45, 7) is 8.46. The third-order valence-corrected chi connectivity index (χ3v) is 3.60. The summed E-state index contributed by atoms with van der Waals surface area (Å²) in [6, 6.07) is 2.04. The summed E-state index contributed by atoms with van der Waals surface area (Å²) < 4.78 is 5.22. The van der Waals surface area contributed by atoms with Crippen LogP contribution >= 0.6 is 0 Å². The van der Waals surface area contributed by atoms with Crippen LogP contribution in [0.25, 0.3) is 0 Å². The standard InChI is InChI=1S/C15H24N2O2/c1-5-19-14(18)15(10-16,11(2)3)7-13-6-12(4)8-17-9-13/h6,8-9,11H,5,7,10,16H2,1-4H3. The molecule has 1 unspecified atom stereocenters. The lowest BCUT2D eigenvalue weighted by molar-refractivity contribution is -0.157. The van der Waals surface area contributed by atoms with E-state index >= 15 is 0 Å². The van der Waals surface area contributed by atoms with E-state index in [1.807, 2.05) is 33.8 Å². The van der Waals surface area contributed by atoms with E-state index in [1.54, 1.807) is 12.4 Å². The number of nitrogens with two attached hydrogens (primary N) is 1. The van der Waals surface area contributed by atoms with Crippen LogP contribution in [0.15, 0.2) is 18.5 Å². The first-order chi connectivity index (χ1) is 8.96. The molecule has 2 N–H and O–H groups in total. The monoisotopic (exact) mass is 264 g/mol. The lowest BCUT2D eigenvalue weighted by Gasteiger charge is -2.34. The zero-order valence-electron chi connectivity index (χ0n) is 12.3. The first-order valence-corrected chi connectivity index (χ1v) is 6.74. The molecule has 0 radical (unpaired) electrons. The van der Waals surface area contributed by atoms with Crippen molar-refractivity contribution in [1.82, 2.24) is 4.98 Å². The van der Waals surface area contributed by atoms with Gasteiger partial charge in [-0.15, -0.1) is 0 Å². The minimum atomic E-state index is -0.675. The van der Waals surface area contributed by atoms with Gasteiger partial charge in [0.1, 0.15) is 0 Å². The molecule has 4 nitrogen and oxygen atoms in total. The SMILES string of the molecule is CCOC(=O)C(CN)(Cc1cncc(C)c1)C(C)C. The van der Waals surface area contributed by atoms with Gasteiger partial charge in [-0.25, -0.2) is 0 Å². The molecule has 1 rings (SSSR count). The first-order valence-electron chi connectivity index (χ1n) is 6.74. The van der Waals surface area contributed by atoms with Gasteiger partial charge in [-0.1, -0.05) is 19.9 Å². The summed E-state index contributed by atoms with van der Waals surface area (Å²) in [5, 5.41) is 0. The van der Waals surface area contributed by atoms with E-state index in [4.69, 9.17) is 10.5 Å². The third kappa shape index (κ3) is 3.53. The zero-order chi connectivity index (χ0) is 14.5. The number of pyridine rings is 1. The van der Waals surface area contributed by atoms with Crippen molar-refractivity contribution in [2.45, 2.75) is 34.1 Å². The molecule has 0 aliphatic rings. The molecule has 0 saturated heterocycles. The van der Waals surface area contributed by atoms with E-state index in [0.29, 0.717) is 13.0 Å². The normalized spacial score (nSPS) is 14.2. The van der Waals surface area contributed by atoms with Crippen LogP contribution in [0.2, 0.25) is 0 Å². The molecule has 0 aliphatic heterocycles. The Kier molecular flexibility index (Phi) is 5.48. The van der Waals surface area contributed by atoms with Crippen molar-refractivity contribution in [3.05, 3.63) is 29.6 Å². The Balaban J connectivity index is 3.07. The van der Waals surface area contributed by atoms with Crippen molar-refractivity contribution >= 4 is 5.97 Å². The zero-order valence-corrected chi connectivity index (χ0v) is 12.3. The Labute approximate surface area is 115 Å². The van der Waals surface area contributed by atoms with Gasteiger partial charge in [-0.05, 0) is 37.3 Å². The number of carbonyl (C=O) groups is 1. The minimum absolute atomic E-state index is 0.108. The molecular weight excluding hydrogens is 240 g/mol. The third-order valence-electron chi connectivity index (χ3n) is 3.60. The molecular formula is C15H24N2O2. The molecule has 1 atom stereocenters. The Morgan fingerprint density at radius 3 is 2.63 bits per heavy atom. The first kappa shape index (κ1) is 15.6. The van der Waals surface area contributed by atoms with Gasteiger partial charge in [0.05, 0.1) is 12.0 Å². The number of aromatic nitrogens is 1. The summed E-state index contributed by atoms with van der Waals surface area (Å²) in [4.78, 5) is 16.5. The van der Waals surface area contributed by atoms with Crippen molar-refractivity contribution in [1.29, 1.82) is 0 Å². The van der Waals surface area contributed by atoms with Gasteiger partial charge in [0.15, 0.2) is 0 Å². The topological polar surface area (TPSA) is 65.2 Å². The molecule has 0 aliphatic carbocycles. The molecule has 0 saturated carbocycles. The maximum atomic E-state index is 12.3. The average molecular weight is 264 g/mol. The molecule has 0 bridgehead atoms. The Morgan fingerprint density at radius 1 is 1.47 bits per heavy atom. The smallest absolute Gasteiger partial charge is 0.313 e. The maximum absolute atomic E-state index is 12.3. The van der Waals surface area contributed by atoms with Gasteiger partial charge in [0.25, 0.3) is 0 Å². The highest BCUT2D eigenvalue weighted by Gasteiger charge is 2.41. The number of hydrogen-bond acceptors (Lipinski definition) is 4. The van der Waals surface area contributed by atoms with Crippen LogP contribution in [0.3, 0.4) is 0 Å². The second-order valence-electron chi connectivity index (χ2n) is 5.28. The fourth-order valence-corrected chi connectivity index (χ4v) is 2.26. The van der Waals surface area contributed by atoms with E-state index in [1.165, 1.54) is 0 Å². The van der Waals surface area contributed by atoms with Crippen LogP contribution in [0.1, 0.15) is 31.9 Å². The minimum Gasteiger partial charge on any atom is -0.466 e. The van der Waals surface area contributed by atoms with Crippen LogP contribution in [-0.4, -0.2) is 24.1 Å². The number of carbonyl (C=O) groups excluding carboxylic acids is 1. The molecule has 0 fully saturated rings. The van der Waals surface area contributed by atoms with Gasteiger partial charge in [-0.3, -0.25) is 9.78 Å². The van der Waals surface area contributed by atoms with Crippen molar-refractivity contribution in [3.8, 4) is 0 Å². The molecule has 0 spiro atoms. The van der Waals surface area contributed by atoms with Crippen molar-refractivity contribution in [2.24, 2.45) is 17.1 Å². The second-order valence-corrected chi connectivity index (χ2v) is 5.28. The van der Waals surface area contributed by atoms with Crippen molar-refractivity contribution < 1.29 is 9.53 Å². The van der Waals surface area contributed by atoms with Crippen LogP contribution in [-0.2, 0) is 16.0 Å². The van der Waals surface area contributed by atoms with Crippen LogP contribution < -0.4 is 5.73 Å². The van der Waals surface area contributed by atoms with Crippen molar-refractivity contribution in [2.75, 3.05) is 13.2 Å². The van der Waals surface area contributed by atoms with Crippen LogP contribution in [0.4, 0.5) is 0 Å². The number of aryl methyl sites for hydroxylation is 1. The summed E-state index contributed by atoms with van der Waals surface area (Å²) in [5.74, 6) is -0.105. The van der Waals surface area contributed by atoms with Gasteiger partial charge < -0.3 is 10.5 Å². The lowest BCUT2D eigenvalue weighted by atomic mass is 9.72. The highest BCUT2D eigenvalue weighted by atomic mass is 16.5. The molecule has 19 heavy (non-hydrogen) atoms. The van der Waals surface area contributed by atoms with E-state index in [9.17, 15) is 4.79 Å². The van der Waals surface area contributed by atoms with Gasteiger partial charge >= 0.3 is 5.97 Å². The molecule has 106 valence electrons. The number of hydrogen-bond donors (Lipinski definition) is 1. The fraction of sp³-hybridized carbons (Fsp3) is 0.600. The largest absolute Gasteiger partial charge is 0.466 e. The second kappa shape index (κ2) is 6.66. The quantitative estimate of drug-likeness (QED) is 0.799. The fourth-order valence-electron chi connectivity index (χ4n) is 2.26. The van der Waals surface area contributed by atoms with Gasteiger partial charge in [0, 0.05) is 18.9 Å². The Morgan fingerprint density at radius 2 is 2.16 bits per heavy atom. The number of nitrogens with zero attached hydrogens (tertiary/aromatic N) is 1. The summed E-state index contributed by atoms with van der Waals surface area (Å²) in [5.41, 5.74) is 7.33. The Bertz CT molecular complexity index is 432. The maximum Gasteiger partial charge on any atom is 0.313 e. The predicted octanol–water partition coefficient (Wildman–Crippen LogP) is 2.10. The summed E-state index contributed by atoms with van der Waals surface area (Å²) >= 11 is 0. The van der Waals surface area contributed by atoms with Gasteiger partial charge in [-0.2, -0.15) is 0 Å². The highest BCUT2D eigenvalue weighted by molar-refractivity contribution is 5.78. The van der Waals surface area contributed by atoms with E-state index in [2.05, 4.69) is 4.98 Å². The average Bonchev–Trinajstić information content (AvgIpc) is 2.36. The lowest BCUT2D eigenvalue weighted by Crippen LogP contribution is -2.46. The molecule has 1 aromatic rings. The van der Waals surface area contributed by atoms with Crippen LogP contribution in [0, 0.1) is 18.3 Å². The van der Waals surface area contributed by atoms with E-state index < -0.39 is 5.41 Å². The molecule has 1 aromatic heterocycles. The number of ether oxygens (including phenoxy) is 1. The summed E-state index contributed by atoms with van der Waals surface area (Å²) in [6.07, 6.45) is 4.15. The number of rotatable bonds is 6. The molecule has 4 heteroatoms. The highest BCUT2D eigenvalue weighted by Crippen LogP contribution is 2.32. The van der Waals surface area contributed by atoms with Crippen LogP contribution in [0.5, 0.6) is 0 Å². The molecule has 0 amide bonds. The van der Waals surface area contributed by atoms with E-state index in [-0.39, 0.29) is 18.4 Å². The Hall–Kier alpha value is -1.42. The molecule has 0 aromatic carbocycles. The van der Waals surface area contributed by atoms with Gasteiger partial charge in [0.2, 0.25) is 0 Å². The summed E-state index contributed by atoms with van der Waals surface area (Å²) in [7, 11) is 0. The predicted molar refractivity (Wildman–Crippen MR) is 75.6 cm³/mol.